The average Bonchev–Trinajstić information content (AvgIpc) is 2.59. The summed E-state index contributed by atoms with van der Waals surface area (Å²) in [6, 6.07) is 10.3. The summed E-state index contributed by atoms with van der Waals surface area (Å²) < 4.78 is 45.7. The topological polar surface area (TPSA) is 92.7 Å². The van der Waals surface area contributed by atoms with Crippen molar-refractivity contribution in [1.82, 2.24) is 4.72 Å². The number of nitrogens with one attached hydrogen (secondary N) is 1. The quantitative estimate of drug-likeness (QED) is 0.593. The molecule has 0 heterocycles. The highest BCUT2D eigenvalue weighted by atomic mass is 32.2. The first-order chi connectivity index (χ1) is 12.2. The van der Waals surface area contributed by atoms with Gasteiger partial charge in [0, 0.05) is 11.8 Å². The Morgan fingerprint density at radius 2 is 1.92 bits per heavy atom. The Kier molecular flexibility index (Phi) is 6.63. The van der Waals surface area contributed by atoms with Gasteiger partial charge in [-0.05, 0) is 36.8 Å². The van der Waals surface area contributed by atoms with Crippen molar-refractivity contribution in [2.45, 2.75) is 17.1 Å². The minimum Gasteiger partial charge on any atom is -0.479 e. The number of halogens is 1. The van der Waals surface area contributed by atoms with E-state index in [1.807, 2.05) is 6.92 Å². The van der Waals surface area contributed by atoms with E-state index in [-0.39, 0.29) is 17.2 Å². The third-order valence-electron chi connectivity index (χ3n) is 3.49. The molecule has 1 atom stereocenters. The number of hydrogen-bond acceptors (Lipinski definition) is 5. The van der Waals surface area contributed by atoms with Crippen molar-refractivity contribution < 1.29 is 27.4 Å². The van der Waals surface area contributed by atoms with Crippen molar-refractivity contribution in [3.63, 3.8) is 0 Å². The normalized spacial score (nSPS) is 12.6. The van der Waals surface area contributed by atoms with E-state index in [2.05, 4.69) is 17.4 Å². The molecule has 0 aliphatic rings. The third kappa shape index (κ3) is 5.45. The van der Waals surface area contributed by atoms with E-state index >= 15 is 0 Å². The van der Waals surface area contributed by atoms with Crippen LogP contribution in [0.3, 0.4) is 0 Å². The number of ether oxygens (including phenoxy) is 1. The van der Waals surface area contributed by atoms with Gasteiger partial charge in [0.05, 0.1) is 4.90 Å². The van der Waals surface area contributed by atoms with Crippen molar-refractivity contribution in [1.29, 1.82) is 0 Å². The summed E-state index contributed by atoms with van der Waals surface area (Å²) in [5, 5.41) is 7.94. The van der Waals surface area contributed by atoms with Crippen LogP contribution in [0, 0.1) is 12.7 Å². The Morgan fingerprint density at radius 3 is 2.50 bits per heavy atom. The van der Waals surface area contributed by atoms with Gasteiger partial charge in [-0.2, -0.15) is 12.6 Å². The first-order valence-electron chi connectivity index (χ1n) is 7.57. The van der Waals surface area contributed by atoms with E-state index < -0.39 is 33.7 Å². The summed E-state index contributed by atoms with van der Waals surface area (Å²) in [5.74, 6) is -2.16. The molecular formula is C17H18FNO5S2. The van der Waals surface area contributed by atoms with Gasteiger partial charge in [0.25, 0.3) is 0 Å². The van der Waals surface area contributed by atoms with Crippen LogP contribution in [0.4, 0.5) is 4.39 Å². The zero-order valence-corrected chi connectivity index (χ0v) is 15.6. The van der Waals surface area contributed by atoms with E-state index in [1.165, 1.54) is 24.3 Å². The maximum absolute atomic E-state index is 13.9. The van der Waals surface area contributed by atoms with Gasteiger partial charge in [-0.25, -0.2) is 22.3 Å². The van der Waals surface area contributed by atoms with Crippen molar-refractivity contribution in [3.8, 4) is 5.75 Å². The van der Waals surface area contributed by atoms with Crippen LogP contribution in [0.1, 0.15) is 16.4 Å². The Morgan fingerprint density at radius 1 is 1.27 bits per heavy atom. The number of benzene rings is 2. The number of sulfonamides is 1. The zero-order chi connectivity index (χ0) is 19.3. The highest BCUT2D eigenvalue weighted by molar-refractivity contribution is 7.89. The van der Waals surface area contributed by atoms with E-state index in [4.69, 9.17) is 9.84 Å². The average molecular weight is 399 g/mol. The largest absolute Gasteiger partial charge is 0.479 e. The molecule has 0 spiro atoms. The molecule has 140 valence electrons. The molecule has 0 aliphatic heterocycles. The van der Waals surface area contributed by atoms with Crippen molar-refractivity contribution in [2.75, 3.05) is 13.2 Å². The lowest BCUT2D eigenvalue weighted by molar-refractivity contribution is -0.139. The number of rotatable bonds is 8. The summed E-state index contributed by atoms with van der Waals surface area (Å²) in [7, 11) is -3.70. The number of carboxylic acid groups (broad SMARTS) is 1. The number of carbonyl (C=O) groups is 1. The molecule has 0 saturated heterocycles. The summed E-state index contributed by atoms with van der Waals surface area (Å²) in [5.41, 5.74) is 1.37. The van der Waals surface area contributed by atoms with Gasteiger partial charge in [-0.15, -0.1) is 0 Å². The second kappa shape index (κ2) is 8.52. The molecule has 2 N–H and O–H groups in total. The van der Waals surface area contributed by atoms with Gasteiger partial charge in [0.2, 0.25) is 10.0 Å². The van der Waals surface area contributed by atoms with Crippen molar-refractivity contribution in [3.05, 3.63) is 59.4 Å². The lowest BCUT2D eigenvalue weighted by Gasteiger charge is -2.14. The SMILES string of the molecule is Cc1ccc(S(=O)(=O)NCC(S)c2ccc(OCC(=O)O)c(F)c2)cc1. The predicted molar refractivity (Wildman–Crippen MR) is 97.6 cm³/mol. The molecule has 0 saturated carbocycles. The number of carboxylic acids is 1. The smallest absolute Gasteiger partial charge is 0.341 e. The first kappa shape index (κ1) is 20.2. The Bertz CT molecular complexity index is 885. The zero-order valence-electron chi connectivity index (χ0n) is 13.8. The lowest BCUT2D eigenvalue weighted by atomic mass is 10.1. The van der Waals surface area contributed by atoms with Crippen LogP contribution in [-0.2, 0) is 14.8 Å². The summed E-state index contributed by atoms with van der Waals surface area (Å²) >= 11 is 4.30. The summed E-state index contributed by atoms with van der Waals surface area (Å²) in [4.78, 5) is 10.6. The molecule has 0 aliphatic carbocycles. The fourth-order valence-electron chi connectivity index (χ4n) is 2.09. The minimum atomic E-state index is -3.70. The molecule has 1 unspecified atom stereocenters. The monoisotopic (exact) mass is 399 g/mol. The second-order valence-electron chi connectivity index (χ2n) is 5.55. The van der Waals surface area contributed by atoms with Crippen LogP contribution in [0.15, 0.2) is 47.4 Å². The summed E-state index contributed by atoms with van der Waals surface area (Å²) in [6.07, 6.45) is 0. The molecule has 0 bridgehead atoms. The maximum Gasteiger partial charge on any atom is 0.341 e. The molecule has 26 heavy (non-hydrogen) atoms. The predicted octanol–water partition coefficient (Wildman–Crippen LogP) is 2.55. The van der Waals surface area contributed by atoms with Crippen LogP contribution < -0.4 is 9.46 Å². The second-order valence-corrected chi connectivity index (χ2v) is 7.94. The van der Waals surface area contributed by atoms with E-state index in [9.17, 15) is 17.6 Å². The van der Waals surface area contributed by atoms with Gasteiger partial charge in [0.1, 0.15) is 0 Å². The third-order valence-corrected chi connectivity index (χ3v) is 5.41. The van der Waals surface area contributed by atoms with Gasteiger partial charge in [-0.1, -0.05) is 23.8 Å². The standard InChI is InChI=1S/C17H18FNO5S2/c1-11-2-5-13(6-3-11)26(22,23)19-9-16(25)12-4-7-15(14(18)8-12)24-10-17(20)21/h2-8,16,19,25H,9-10H2,1H3,(H,20,21). The van der Waals surface area contributed by atoms with Crippen molar-refractivity contribution >= 4 is 28.6 Å². The molecule has 2 rings (SSSR count). The lowest BCUT2D eigenvalue weighted by Crippen LogP contribution is -2.27. The highest BCUT2D eigenvalue weighted by Crippen LogP contribution is 2.25. The molecule has 0 radical (unpaired) electrons. The van der Waals surface area contributed by atoms with Crippen molar-refractivity contribution in [2.24, 2.45) is 0 Å². The Labute approximate surface area is 156 Å². The molecule has 0 aromatic heterocycles. The fraction of sp³-hybridized carbons (Fsp3) is 0.235. The number of thiol groups is 1. The molecule has 0 fully saturated rings. The summed E-state index contributed by atoms with van der Waals surface area (Å²) in [6.45, 7) is 1.15. The maximum atomic E-state index is 13.9. The Balaban J connectivity index is 2.03. The number of aryl methyl sites for hydroxylation is 1. The molecule has 2 aromatic carbocycles. The number of aliphatic carboxylic acids is 1. The van der Waals surface area contributed by atoms with Crippen LogP contribution in [0.5, 0.6) is 5.75 Å². The Hall–Kier alpha value is -2.10. The molecule has 2 aromatic rings. The molecule has 6 nitrogen and oxygen atoms in total. The minimum absolute atomic E-state index is 0.0475. The van der Waals surface area contributed by atoms with Gasteiger partial charge in [0.15, 0.2) is 18.2 Å². The van der Waals surface area contributed by atoms with Gasteiger partial charge < -0.3 is 9.84 Å². The first-order valence-corrected chi connectivity index (χ1v) is 9.57. The van der Waals surface area contributed by atoms with Gasteiger partial charge in [-0.3, -0.25) is 0 Å². The molecular weight excluding hydrogens is 381 g/mol. The van der Waals surface area contributed by atoms with Crippen LogP contribution in [-0.4, -0.2) is 32.6 Å². The van der Waals surface area contributed by atoms with E-state index in [0.717, 1.165) is 11.6 Å². The fourth-order valence-corrected chi connectivity index (χ4v) is 3.51. The molecule has 0 amide bonds. The van der Waals surface area contributed by atoms with E-state index in [0.29, 0.717) is 5.56 Å². The van der Waals surface area contributed by atoms with Crippen LogP contribution in [0.2, 0.25) is 0 Å². The van der Waals surface area contributed by atoms with E-state index in [1.54, 1.807) is 12.1 Å². The van der Waals surface area contributed by atoms with Crippen LogP contribution in [0.25, 0.3) is 0 Å². The molecule has 9 heteroatoms. The van der Waals surface area contributed by atoms with Crippen LogP contribution >= 0.6 is 12.6 Å². The highest BCUT2D eigenvalue weighted by Gasteiger charge is 2.17. The number of hydrogen-bond donors (Lipinski definition) is 3. The van der Waals surface area contributed by atoms with Gasteiger partial charge >= 0.3 is 5.97 Å².